The van der Waals surface area contributed by atoms with Crippen molar-refractivity contribution in [3.8, 4) is 0 Å². The van der Waals surface area contributed by atoms with E-state index in [1.54, 1.807) is 0 Å². The first-order valence-corrected chi connectivity index (χ1v) is 4.96. The topological polar surface area (TPSA) is 26.3 Å². The number of carbonyl (C=O) groups is 1. The lowest BCUT2D eigenvalue weighted by Crippen LogP contribution is -2.02. The highest BCUT2D eigenvalue weighted by molar-refractivity contribution is 5.39. The molecule has 0 saturated heterocycles. The van der Waals surface area contributed by atoms with Gasteiger partial charge in [0.1, 0.15) is 6.10 Å². The van der Waals surface area contributed by atoms with Gasteiger partial charge < -0.3 is 4.74 Å². The molecule has 0 aromatic heterocycles. The molecular weight excluding hydrogens is 176 g/mol. The smallest absolute Gasteiger partial charge is 0.293 e. The summed E-state index contributed by atoms with van der Waals surface area (Å²) in [5.74, 6) is 0. The highest BCUT2D eigenvalue weighted by Gasteiger charge is 2.09. The monoisotopic (exact) mass is 192 g/mol. The van der Waals surface area contributed by atoms with Crippen LogP contribution in [0.15, 0.2) is 24.3 Å². The van der Waals surface area contributed by atoms with Crippen LogP contribution in [0.2, 0.25) is 0 Å². The largest absolute Gasteiger partial charge is 0.460 e. The average molecular weight is 192 g/mol. The molecule has 0 aliphatic carbocycles. The molecular formula is C12H16O2. The standard InChI is InChI=1S/C12H16O2/c1-3-6-11-7-4-5-8-12(11)10(2)14-9-13/h4-5,7-10H,3,6H2,1-2H3. The summed E-state index contributed by atoms with van der Waals surface area (Å²) in [4.78, 5) is 10.2. The molecule has 0 fully saturated rings. The molecule has 0 saturated carbocycles. The Balaban J connectivity index is 2.87. The summed E-state index contributed by atoms with van der Waals surface area (Å²) in [5.41, 5.74) is 2.38. The summed E-state index contributed by atoms with van der Waals surface area (Å²) in [7, 11) is 0. The van der Waals surface area contributed by atoms with Crippen molar-refractivity contribution in [2.75, 3.05) is 0 Å². The Hall–Kier alpha value is -1.31. The van der Waals surface area contributed by atoms with E-state index in [-0.39, 0.29) is 6.10 Å². The number of rotatable bonds is 5. The van der Waals surface area contributed by atoms with Gasteiger partial charge in [0.05, 0.1) is 0 Å². The second-order valence-corrected chi connectivity index (χ2v) is 3.32. The first-order valence-electron chi connectivity index (χ1n) is 4.96. The van der Waals surface area contributed by atoms with Crippen molar-refractivity contribution in [2.24, 2.45) is 0 Å². The van der Waals surface area contributed by atoms with E-state index in [0.717, 1.165) is 18.4 Å². The number of aryl methyl sites for hydroxylation is 1. The van der Waals surface area contributed by atoms with Crippen LogP contribution in [0.4, 0.5) is 0 Å². The zero-order valence-electron chi connectivity index (χ0n) is 8.69. The van der Waals surface area contributed by atoms with Gasteiger partial charge in [-0.05, 0) is 24.5 Å². The molecule has 14 heavy (non-hydrogen) atoms. The lowest BCUT2D eigenvalue weighted by molar-refractivity contribution is -0.133. The van der Waals surface area contributed by atoms with Crippen LogP contribution in [0.25, 0.3) is 0 Å². The van der Waals surface area contributed by atoms with Crippen molar-refractivity contribution in [3.63, 3.8) is 0 Å². The Morgan fingerprint density at radius 1 is 1.43 bits per heavy atom. The van der Waals surface area contributed by atoms with Crippen molar-refractivity contribution < 1.29 is 9.53 Å². The molecule has 0 aliphatic heterocycles. The minimum Gasteiger partial charge on any atom is -0.460 e. The Morgan fingerprint density at radius 3 is 2.79 bits per heavy atom. The average Bonchev–Trinajstić information content (AvgIpc) is 2.19. The van der Waals surface area contributed by atoms with Crippen LogP contribution < -0.4 is 0 Å². The quantitative estimate of drug-likeness (QED) is 0.670. The molecule has 1 aromatic rings. The number of ether oxygens (including phenoxy) is 1. The van der Waals surface area contributed by atoms with Crippen molar-refractivity contribution in [3.05, 3.63) is 35.4 Å². The van der Waals surface area contributed by atoms with Crippen LogP contribution in [-0.4, -0.2) is 6.47 Å². The Kier molecular flexibility index (Phi) is 4.17. The van der Waals surface area contributed by atoms with Gasteiger partial charge in [0.2, 0.25) is 0 Å². The second kappa shape index (κ2) is 5.43. The fraction of sp³-hybridized carbons (Fsp3) is 0.417. The maximum atomic E-state index is 10.2. The SMILES string of the molecule is CCCc1ccccc1C(C)OC=O. The van der Waals surface area contributed by atoms with Crippen LogP contribution in [0.3, 0.4) is 0 Å². The molecule has 0 heterocycles. The summed E-state index contributed by atoms with van der Waals surface area (Å²) >= 11 is 0. The van der Waals surface area contributed by atoms with Gasteiger partial charge in [0, 0.05) is 0 Å². The zero-order valence-corrected chi connectivity index (χ0v) is 8.69. The van der Waals surface area contributed by atoms with E-state index in [1.807, 2.05) is 25.1 Å². The minimum atomic E-state index is -0.143. The first-order chi connectivity index (χ1) is 6.79. The number of benzene rings is 1. The third kappa shape index (κ3) is 2.59. The third-order valence-electron chi connectivity index (χ3n) is 2.27. The highest BCUT2D eigenvalue weighted by Crippen LogP contribution is 2.21. The molecule has 2 heteroatoms. The second-order valence-electron chi connectivity index (χ2n) is 3.32. The fourth-order valence-electron chi connectivity index (χ4n) is 1.58. The molecule has 0 spiro atoms. The van der Waals surface area contributed by atoms with Gasteiger partial charge in [-0.1, -0.05) is 37.6 Å². The third-order valence-corrected chi connectivity index (χ3v) is 2.27. The van der Waals surface area contributed by atoms with Gasteiger partial charge in [-0.25, -0.2) is 0 Å². The van der Waals surface area contributed by atoms with E-state index in [9.17, 15) is 4.79 Å². The number of carbonyl (C=O) groups excluding carboxylic acids is 1. The van der Waals surface area contributed by atoms with Crippen LogP contribution >= 0.6 is 0 Å². The molecule has 0 radical (unpaired) electrons. The number of hydrogen-bond acceptors (Lipinski definition) is 2. The summed E-state index contributed by atoms with van der Waals surface area (Å²) in [6, 6.07) is 8.09. The van der Waals surface area contributed by atoms with Crippen LogP contribution in [-0.2, 0) is 16.0 Å². The molecule has 1 rings (SSSR count). The zero-order chi connectivity index (χ0) is 10.4. The summed E-state index contributed by atoms with van der Waals surface area (Å²) in [6.45, 7) is 4.54. The van der Waals surface area contributed by atoms with Gasteiger partial charge in [-0.3, -0.25) is 4.79 Å². The molecule has 2 nitrogen and oxygen atoms in total. The Bertz CT molecular complexity index is 294. The van der Waals surface area contributed by atoms with Crippen molar-refractivity contribution >= 4 is 6.47 Å². The van der Waals surface area contributed by atoms with E-state index < -0.39 is 0 Å². The molecule has 76 valence electrons. The molecule has 1 aromatic carbocycles. The molecule has 1 atom stereocenters. The van der Waals surface area contributed by atoms with Crippen LogP contribution in [0, 0.1) is 0 Å². The molecule has 1 unspecified atom stereocenters. The van der Waals surface area contributed by atoms with Gasteiger partial charge in [-0.15, -0.1) is 0 Å². The molecule has 0 amide bonds. The van der Waals surface area contributed by atoms with Crippen molar-refractivity contribution in [1.82, 2.24) is 0 Å². The molecule has 0 bridgehead atoms. The Labute approximate surface area is 84.9 Å². The summed E-state index contributed by atoms with van der Waals surface area (Å²) < 4.78 is 4.93. The molecule has 0 aliphatic rings. The first kappa shape index (κ1) is 10.8. The van der Waals surface area contributed by atoms with E-state index in [2.05, 4.69) is 13.0 Å². The normalized spacial score (nSPS) is 12.1. The van der Waals surface area contributed by atoms with Gasteiger partial charge in [0.15, 0.2) is 0 Å². The van der Waals surface area contributed by atoms with E-state index in [0.29, 0.717) is 6.47 Å². The van der Waals surface area contributed by atoms with Crippen molar-refractivity contribution in [1.29, 1.82) is 0 Å². The lowest BCUT2D eigenvalue weighted by atomic mass is 10.00. The number of hydrogen-bond donors (Lipinski definition) is 0. The molecule has 0 N–H and O–H groups in total. The maximum Gasteiger partial charge on any atom is 0.293 e. The van der Waals surface area contributed by atoms with E-state index in [4.69, 9.17) is 4.74 Å². The maximum absolute atomic E-state index is 10.2. The van der Waals surface area contributed by atoms with Gasteiger partial charge in [-0.2, -0.15) is 0 Å². The highest BCUT2D eigenvalue weighted by atomic mass is 16.5. The van der Waals surface area contributed by atoms with Crippen LogP contribution in [0.5, 0.6) is 0 Å². The summed E-state index contributed by atoms with van der Waals surface area (Å²) in [5, 5.41) is 0. The Morgan fingerprint density at radius 2 is 2.14 bits per heavy atom. The van der Waals surface area contributed by atoms with E-state index in [1.165, 1.54) is 5.56 Å². The van der Waals surface area contributed by atoms with Crippen molar-refractivity contribution in [2.45, 2.75) is 32.8 Å². The fourth-order valence-corrected chi connectivity index (χ4v) is 1.58. The van der Waals surface area contributed by atoms with Gasteiger partial charge in [0.25, 0.3) is 6.47 Å². The predicted octanol–water partition coefficient (Wildman–Crippen LogP) is 2.87. The van der Waals surface area contributed by atoms with Gasteiger partial charge >= 0.3 is 0 Å². The van der Waals surface area contributed by atoms with Crippen LogP contribution in [0.1, 0.15) is 37.5 Å². The minimum absolute atomic E-state index is 0.143. The lowest BCUT2D eigenvalue weighted by Gasteiger charge is -2.14. The predicted molar refractivity (Wildman–Crippen MR) is 56.0 cm³/mol. The summed E-state index contributed by atoms with van der Waals surface area (Å²) in [6.07, 6.45) is 1.99. The van der Waals surface area contributed by atoms with E-state index >= 15 is 0 Å².